The van der Waals surface area contributed by atoms with Gasteiger partial charge < -0.3 is 4.74 Å². The summed E-state index contributed by atoms with van der Waals surface area (Å²) >= 11 is 0. The zero-order chi connectivity index (χ0) is 13.8. The van der Waals surface area contributed by atoms with Crippen LogP contribution in [0.2, 0.25) is 0 Å². The van der Waals surface area contributed by atoms with Crippen molar-refractivity contribution in [3.05, 3.63) is 17.0 Å². The van der Waals surface area contributed by atoms with Gasteiger partial charge in [-0.1, -0.05) is 13.8 Å². The molecule has 0 N–H and O–H groups in total. The Morgan fingerprint density at radius 1 is 1.18 bits per heavy atom. The van der Waals surface area contributed by atoms with Crippen molar-refractivity contribution in [2.75, 3.05) is 0 Å². The largest absolute Gasteiger partial charge is 0.442 e. The Balaban J connectivity index is 0.00000121. The highest BCUT2D eigenvalue weighted by Crippen LogP contribution is 2.14. The van der Waals surface area contributed by atoms with Crippen molar-refractivity contribution in [3.8, 4) is 0 Å². The Labute approximate surface area is 104 Å². The van der Waals surface area contributed by atoms with Crippen LogP contribution in [-0.2, 0) is 4.74 Å². The van der Waals surface area contributed by atoms with Gasteiger partial charge in [-0.15, -0.1) is 0 Å². The van der Waals surface area contributed by atoms with E-state index >= 15 is 0 Å². The first kappa shape index (κ1) is 15.7. The molecule has 4 nitrogen and oxygen atoms in total. The second-order valence-electron chi connectivity index (χ2n) is 4.69. The number of rotatable bonds is 0. The summed E-state index contributed by atoms with van der Waals surface area (Å²) in [5.41, 5.74) is 2.23. The lowest BCUT2D eigenvalue weighted by molar-refractivity contribution is 0.0510. The number of hydrogen-bond donors (Lipinski definition) is 0. The molecule has 0 aliphatic rings. The van der Waals surface area contributed by atoms with Crippen molar-refractivity contribution in [1.82, 2.24) is 9.78 Å². The molecule has 98 valence electrons. The van der Waals surface area contributed by atoms with E-state index in [1.807, 2.05) is 55.4 Å². The second kappa shape index (κ2) is 5.84. The molecule has 0 bridgehead atoms. The molecule has 1 heterocycles. The van der Waals surface area contributed by atoms with E-state index in [2.05, 4.69) is 5.10 Å². The van der Waals surface area contributed by atoms with Gasteiger partial charge in [-0.2, -0.15) is 9.78 Å². The van der Waals surface area contributed by atoms with Gasteiger partial charge in [-0.25, -0.2) is 4.79 Å². The summed E-state index contributed by atoms with van der Waals surface area (Å²) in [6, 6.07) is 0. The average molecular weight is 240 g/mol. The number of carbonyl (C=O) groups is 1. The number of carbonyl (C=O) groups excluding carboxylic acids is 1. The minimum atomic E-state index is -0.489. The van der Waals surface area contributed by atoms with E-state index in [9.17, 15) is 4.79 Å². The molecule has 1 rings (SSSR count). The Kier molecular flexibility index (Phi) is 5.39. The first-order chi connectivity index (χ1) is 7.72. The van der Waals surface area contributed by atoms with Crippen LogP contribution in [0.5, 0.6) is 0 Å². The fourth-order valence-electron chi connectivity index (χ4n) is 1.20. The number of aromatic nitrogens is 2. The van der Waals surface area contributed by atoms with Gasteiger partial charge in [0.15, 0.2) is 0 Å². The highest BCUT2D eigenvalue weighted by atomic mass is 16.6. The molecular formula is C13H24N2O2. The summed E-state index contributed by atoms with van der Waals surface area (Å²) in [6.45, 7) is 15.2. The molecule has 17 heavy (non-hydrogen) atoms. The molecule has 0 fully saturated rings. The van der Waals surface area contributed by atoms with E-state index in [-0.39, 0.29) is 0 Å². The molecule has 0 saturated heterocycles. The Morgan fingerprint density at radius 3 is 1.94 bits per heavy atom. The zero-order valence-corrected chi connectivity index (χ0v) is 12.2. The maximum Gasteiger partial charge on any atom is 0.435 e. The molecule has 0 amide bonds. The van der Waals surface area contributed by atoms with Crippen LogP contribution >= 0.6 is 0 Å². The van der Waals surface area contributed by atoms with Crippen LogP contribution in [0, 0.1) is 20.8 Å². The van der Waals surface area contributed by atoms with Crippen molar-refractivity contribution in [1.29, 1.82) is 0 Å². The van der Waals surface area contributed by atoms with E-state index in [1.54, 1.807) is 0 Å². The van der Waals surface area contributed by atoms with Crippen LogP contribution in [0.1, 0.15) is 51.6 Å². The van der Waals surface area contributed by atoms with Crippen molar-refractivity contribution in [3.63, 3.8) is 0 Å². The molecular weight excluding hydrogens is 216 g/mol. The zero-order valence-electron chi connectivity index (χ0n) is 12.2. The number of nitrogens with zero attached hydrogens (tertiary/aromatic N) is 2. The maximum atomic E-state index is 11.7. The molecule has 0 aliphatic heterocycles. The van der Waals surface area contributed by atoms with Gasteiger partial charge in [0.2, 0.25) is 0 Å². The smallest absolute Gasteiger partial charge is 0.435 e. The molecule has 0 atom stereocenters. The van der Waals surface area contributed by atoms with E-state index in [1.165, 1.54) is 4.68 Å². The molecule has 0 aromatic carbocycles. The van der Waals surface area contributed by atoms with Gasteiger partial charge in [0, 0.05) is 0 Å². The molecule has 1 aromatic rings. The summed E-state index contributed by atoms with van der Waals surface area (Å²) in [5.74, 6) is 0. The lowest BCUT2D eigenvalue weighted by atomic mass is 10.2. The predicted octanol–water partition coefficient (Wildman–Crippen LogP) is 3.62. The Morgan fingerprint density at radius 2 is 1.65 bits per heavy atom. The summed E-state index contributed by atoms with van der Waals surface area (Å²) in [4.78, 5) is 11.7. The van der Waals surface area contributed by atoms with Gasteiger partial charge in [0.05, 0.1) is 11.4 Å². The molecule has 4 heteroatoms. The minimum absolute atomic E-state index is 0.420. The van der Waals surface area contributed by atoms with Gasteiger partial charge in [-0.3, -0.25) is 0 Å². The SMILES string of the molecule is CC.Cc1nn(C(=O)OC(C)(C)C)c(C)c1C. The third kappa shape index (κ3) is 4.21. The average Bonchev–Trinajstić information content (AvgIpc) is 2.47. The van der Waals surface area contributed by atoms with Gasteiger partial charge in [0.25, 0.3) is 0 Å². The summed E-state index contributed by atoms with van der Waals surface area (Å²) in [7, 11) is 0. The normalized spacial score (nSPS) is 10.6. The van der Waals surface area contributed by atoms with Gasteiger partial charge >= 0.3 is 6.09 Å². The second-order valence-corrected chi connectivity index (χ2v) is 4.69. The molecule has 0 saturated carbocycles. The van der Waals surface area contributed by atoms with E-state index in [0.29, 0.717) is 0 Å². The minimum Gasteiger partial charge on any atom is -0.442 e. The lowest BCUT2D eigenvalue weighted by Crippen LogP contribution is -2.28. The number of aryl methyl sites for hydroxylation is 1. The quantitative estimate of drug-likeness (QED) is 0.695. The van der Waals surface area contributed by atoms with Crippen LogP contribution in [0.25, 0.3) is 0 Å². The summed E-state index contributed by atoms with van der Waals surface area (Å²) in [6.07, 6.45) is -0.420. The standard InChI is InChI=1S/C11H18N2O2.C2H6/c1-7-8(2)12-13(9(7)3)10(14)15-11(4,5)6;1-2/h1-6H3;1-2H3. The maximum absolute atomic E-state index is 11.7. The van der Waals surface area contributed by atoms with Crippen LogP contribution < -0.4 is 0 Å². The summed E-state index contributed by atoms with van der Waals surface area (Å²) < 4.78 is 6.55. The Hall–Kier alpha value is -1.32. The third-order valence-corrected chi connectivity index (χ3v) is 2.22. The molecule has 0 unspecified atom stereocenters. The van der Waals surface area contributed by atoms with E-state index < -0.39 is 11.7 Å². The number of ether oxygens (including phenoxy) is 1. The van der Waals surface area contributed by atoms with Crippen molar-refractivity contribution < 1.29 is 9.53 Å². The van der Waals surface area contributed by atoms with Crippen LogP contribution in [0.4, 0.5) is 4.79 Å². The molecule has 0 spiro atoms. The summed E-state index contributed by atoms with van der Waals surface area (Å²) in [5, 5.41) is 4.14. The highest BCUT2D eigenvalue weighted by molar-refractivity contribution is 5.71. The van der Waals surface area contributed by atoms with Crippen molar-refractivity contribution in [2.45, 2.75) is 61.0 Å². The van der Waals surface area contributed by atoms with Gasteiger partial charge in [-0.05, 0) is 47.1 Å². The fourth-order valence-corrected chi connectivity index (χ4v) is 1.20. The first-order valence-corrected chi connectivity index (χ1v) is 5.98. The van der Waals surface area contributed by atoms with Crippen LogP contribution in [0.15, 0.2) is 0 Å². The van der Waals surface area contributed by atoms with Crippen molar-refractivity contribution in [2.24, 2.45) is 0 Å². The Bertz CT molecular complexity index is 387. The van der Waals surface area contributed by atoms with E-state index in [4.69, 9.17) is 4.74 Å². The number of hydrogen-bond acceptors (Lipinski definition) is 3. The van der Waals surface area contributed by atoms with Crippen LogP contribution in [-0.4, -0.2) is 21.5 Å². The monoisotopic (exact) mass is 240 g/mol. The molecule has 1 aromatic heterocycles. The van der Waals surface area contributed by atoms with Gasteiger partial charge in [0.1, 0.15) is 5.60 Å². The highest BCUT2D eigenvalue weighted by Gasteiger charge is 2.21. The predicted molar refractivity (Wildman–Crippen MR) is 69.4 cm³/mol. The molecule has 0 radical (unpaired) electrons. The fraction of sp³-hybridized carbons (Fsp3) is 0.692. The lowest BCUT2D eigenvalue weighted by Gasteiger charge is -2.19. The third-order valence-electron chi connectivity index (χ3n) is 2.22. The topological polar surface area (TPSA) is 44.1 Å². The van der Waals surface area contributed by atoms with Crippen LogP contribution in [0.3, 0.4) is 0 Å². The van der Waals surface area contributed by atoms with Crippen molar-refractivity contribution >= 4 is 6.09 Å². The van der Waals surface area contributed by atoms with E-state index in [0.717, 1.165) is 17.0 Å². The molecule has 0 aliphatic carbocycles. The first-order valence-electron chi connectivity index (χ1n) is 5.98.